The highest BCUT2D eigenvalue weighted by Crippen LogP contribution is 2.64. The van der Waals surface area contributed by atoms with Crippen molar-refractivity contribution in [3.8, 4) is 12.1 Å². The molecule has 0 aromatic carbocycles. The van der Waals surface area contributed by atoms with Crippen molar-refractivity contribution in [1.82, 2.24) is 0 Å². The fourth-order valence-electron chi connectivity index (χ4n) is 6.11. The summed E-state index contributed by atoms with van der Waals surface area (Å²) >= 11 is 0. The smallest absolute Gasteiger partial charge is 0.196 e. The van der Waals surface area contributed by atoms with Gasteiger partial charge in [-0.25, -0.2) is 0 Å². The molecule has 2 saturated heterocycles. The average molecular weight is 385 g/mol. The molecule has 1 saturated carbocycles. The van der Waals surface area contributed by atoms with Gasteiger partial charge < -0.3 is 9.16 Å². The Morgan fingerprint density at radius 1 is 1.19 bits per heavy atom. The van der Waals surface area contributed by atoms with Gasteiger partial charge in [0.2, 0.25) is 0 Å². The van der Waals surface area contributed by atoms with E-state index in [1.54, 1.807) is 0 Å². The van der Waals surface area contributed by atoms with Crippen LogP contribution in [-0.4, -0.2) is 31.4 Å². The van der Waals surface area contributed by atoms with E-state index in [1.807, 2.05) is 0 Å². The van der Waals surface area contributed by atoms with Crippen LogP contribution in [0.3, 0.4) is 0 Å². The van der Waals surface area contributed by atoms with E-state index in [1.165, 1.54) is 11.1 Å². The highest BCUT2D eigenvalue weighted by molar-refractivity contribution is 6.70. The summed E-state index contributed by atoms with van der Waals surface area (Å²) in [6.45, 7) is 10.6. The molecule has 0 radical (unpaired) electrons. The van der Waals surface area contributed by atoms with E-state index < -0.39 is 24.9 Å². The third-order valence-electron chi connectivity index (χ3n) is 7.21. The van der Waals surface area contributed by atoms with Crippen LogP contribution in [0.2, 0.25) is 19.6 Å². The van der Waals surface area contributed by atoms with Gasteiger partial charge in [0.05, 0.1) is 18.2 Å². The number of fused-ring (bicyclic) bond motifs is 3. The third-order valence-corrected chi connectivity index (χ3v) is 8.19. The Morgan fingerprint density at radius 2 is 1.85 bits per heavy atom. The Kier molecular flexibility index (Phi) is 3.87. The van der Waals surface area contributed by atoms with Crippen LogP contribution in [0.4, 0.5) is 0 Å². The predicted molar refractivity (Wildman–Crippen MR) is 102 cm³/mol. The van der Waals surface area contributed by atoms with Crippen LogP contribution in [0.1, 0.15) is 46.0 Å². The van der Waals surface area contributed by atoms with Gasteiger partial charge in [-0.1, -0.05) is 11.1 Å². The van der Waals surface area contributed by atoms with E-state index in [-0.39, 0.29) is 30.1 Å². The molecule has 0 aromatic heterocycles. The number of nitriles is 2. The zero-order chi connectivity index (χ0) is 19.8. The van der Waals surface area contributed by atoms with Gasteiger partial charge in [-0.3, -0.25) is 4.79 Å². The number of nitrogens with zero attached hydrogens (tertiary/aromatic N) is 2. The molecule has 2 heterocycles. The van der Waals surface area contributed by atoms with Gasteiger partial charge in [-0.2, -0.15) is 10.5 Å². The van der Waals surface area contributed by atoms with Crippen molar-refractivity contribution in [3.05, 3.63) is 11.1 Å². The number of ketones is 1. The van der Waals surface area contributed by atoms with Crippen LogP contribution in [0.5, 0.6) is 0 Å². The van der Waals surface area contributed by atoms with Crippen LogP contribution >= 0.6 is 0 Å². The monoisotopic (exact) mass is 384 g/mol. The maximum absolute atomic E-state index is 14.1. The summed E-state index contributed by atoms with van der Waals surface area (Å²) in [4.78, 5) is 14.1. The quantitative estimate of drug-likeness (QED) is 0.533. The van der Waals surface area contributed by atoms with Gasteiger partial charge in [-0.05, 0) is 52.8 Å². The lowest BCUT2D eigenvalue weighted by atomic mass is 9.65. The fraction of sp³-hybridized carbons (Fsp3) is 0.762. The van der Waals surface area contributed by atoms with Crippen molar-refractivity contribution in [3.63, 3.8) is 0 Å². The van der Waals surface area contributed by atoms with Crippen molar-refractivity contribution >= 4 is 14.1 Å². The lowest BCUT2D eigenvalue weighted by Crippen LogP contribution is -2.67. The van der Waals surface area contributed by atoms with Crippen LogP contribution < -0.4 is 0 Å². The van der Waals surface area contributed by atoms with Crippen molar-refractivity contribution < 1.29 is 14.0 Å². The topological polar surface area (TPSA) is 83.1 Å². The van der Waals surface area contributed by atoms with Crippen LogP contribution in [0.15, 0.2) is 11.1 Å². The average Bonchev–Trinajstić information content (AvgIpc) is 3.05. The van der Waals surface area contributed by atoms with E-state index in [0.717, 1.165) is 12.8 Å². The second-order valence-corrected chi connectivity index (χ2v) is 14.6. The summed E-state index contributed by atoms with van der Waals surface area (Å²) in [5.74, 6) is -0.00163. The molecule has 5 nitrogen and oxygen atoms in total. The summed E-state index contributed by atoms with van der Waals surface area (Å²) in [7, 11) is -2.02. The normalized spacial score (nSPS) is 42.3. The predicted octanol–water partition coefficient (Wildman–Crippen LogP) is 3.88. The Balaban J connectivity index is 1.84. The summed E-state index contributed by atoms with van der Waals surface area (Å²) in [6, 6.07) is 4.38. The number of allylic oxidation sites excluding steroid dienone is 1. The van der Waals surface area contributed by atoms with E-state index in [9.17, 15) is 15.3 Å². The molecule has 1 spiro atoms. The maximum atomic E-state index is 14.1. The van der Waals surface area contributed by atoms with Crippen LogP contribution in [0.25, 0.3) is 0 Å². The molecule has 27 heavy (non-hydrogen) atoms. The van der Waals surface area contributed by atoms with Crippen molar-refractivity contribution in [2.24, 2.45) is 17.3 Å². The standard InChI is InChI=1S/C21H28N2O3Si/c1-13-6-16-17-7-15-9-19(11-22,12-23)10-21(15,25-17)18(24)20(16,8-14(13)2)26-27(3,4)5/h15-17H,6-10H2,1-5H3/t15-,16+,17-,20-,21+/m0/s1. The highest BCUT2D eigenvalue weighted by Gasteiger charge is 2.74. The number of rotatable bonds is 2. The molecule has 144 valence electrons. The molecule has 4 rings (SSSR count). The summed E-state index contributed by atoms with van der Waals surface area (Å²) in [5, 5.41) is 19.3. The van der Waals surface area contributed by atoms with Gasteiger partial charge in [0.1, 0.15) is 16.6 Å². The third kappa shape index (κ3) is 2.43. The SMILES string of the molecule is CC1=C(C)C[C@@]2(O[Si](C)(C)C)C(=O)[C@@]34CC(C#N)(C#N)C[C@@H]3C[C@H](O4)[C@H]2C1. The van der Waals surface area contributed by atoms with Gasteiger partial charge in [-0.15, -0.1) is 0 Å². The largest absolute Gasteiger partial charge is 0.404 e. The van der Waals surface area contributed by atoms with E-state index in [2.05, 4.69) is 45.6 Å². The summed E-state index contributed by atoms with van der Waals surface area (Å²) < 4.78 is 13.2. The first-order valence-electron chi connectivity index (χ1n) is 9.91. The second-order valence-electron chi connectivity index (χ2n) is 10.1. The van der Waals surface area contributed by atoms with E-state index >= 15 is 0 Å². The molecule has 3 fully saturated rings. The number of carbonyl (C=O) groups excluding carboxylic acids is 1. The number of Topliss-reactive ketones (excluding diaryl/α,β-unsaturated/α-hetero) is 1. The van der Waals surface area contributed by atoms with Crippen molar-refractivity contribution in [1.29, 1.82) is 10.5 Å². The Hall–Kier alpha value is -1.47. The molecule has 6 heteroatoms. The molecule has 2 bridgehead atoms. The van der Waals surface area contributed by atoms with Crippen molar-refractivity contribution in [2.75, 3.05) is 0 Å². The van der Waals surface area contributed by atoms with E-state index in [0.29, 0.717) is 12.8 Å². The van der Waals surface area contributed by atoms with Crippen LogP contribution in [0, 0.1) is 39.9 Å². The first-order valence-corrected chi connectivity index (χ1v) is 13.3. The first kappa shape index (κ1) is 18.9. The molecule has 5 atom stereocenters. The van der Waals surface area contributed by atoms with Crippen LogP contribution in [-0.2, 0) is 14.0 Å². The van der Waals surface area contributed by atoms with Gasteiger partial charge in [0.15, 0.2) is 14.1 Å². The molecule has 0 amide bonds. The molecular formula is C21H28N2O3Si. The number of ether oxygens (including phenoxy) is 1. The van der Waals surface area contributed by atoms with Gasteiger partial charge >= 0.3 is 0 Å². The van der Waals surface area contributed by atoms with E-state index in [4.69, 9.17) is 9.16 Å². The zero-order valence-corrected chi connectivity index (χ0v) is 17.9. The van der Waals surface area contributed by atoms with Gasteiger partial charge in [0.25, 0.3) is 0 Å². The minimum absolute atomic E-state index is 0.0143. The molecule has 0 N–H and O–H groups in total. The first-order chi connectivity index (χ1) is 12.5. The minimum atomic E-state index is -2.02. The zero-order valence-electron chi connectivity index (χ0n) is 16.9. The van der Waals surface area contributed by atoms with Crippen molar-refractivity contribution in [2.45, 2.75) is 82.9 Å². The summed E-state index contributed by atoms with van der Waals surface area (Å²) in [6.07, 6.45) is 2.80. The van der Waals surface area contributed by atoms with Gasteiger partial charge in [0, 0.05) is 24.7 Å². The molecule has 4 aliphatic rings. The molecule has 0 aromatic rings. The number of carbonyl (C=O) groups is 1. The molecule has 2 aliphatic carbocycles. The molecular weight excluding hydrogens is 356 g/mol. The lowest BCUT2D eigenvalue weighted by molar-refractivity contribution is -0.199. The Morgan fingerprint density at radius 3 is 2.44 bits per heavy atom. The minimum Gasteiger partial charge on any atom is -0.404 e. The fourth-order valence-corrected chi connectivity index (χ4v) is 7.52. The number of hydrogen-bond acceptors (Lipinski definition) is 5. The maximum Gasteiger partial charge on any atom is 0.196 e. The lowest BCUT2D eigenvalue weighted by Gasteiger charge is -2.54. The number of hydrogen-bond donors (Lipinski definition) is 0. The molecule has 2 aliphatic heterocycles. The Bertz CT molecular complexity index is 816. The second kappa shape index (κ2) is 5.53. The molecule has 0 unspecified atom stereocenters. The Labute approximate surface area is 162 Å². The summed E-state index contributed by atoms with van der Waals surface area (Å²) in [5.41, 5.74) is -0.419. The highest BCUT2D eigenvalue weighted by atomic mass is 28.4.